The molecule has 0 aliphatic carbocycles. The van der Waals surface area contributed by atoms with Crippen molar-refractivity contribution in [3.05, 3.63) is 65.9 Å². The van der Waals surface area contributed by atoms with E-state index in [1.807, 2.05) is 48.5 Å². The number of aromatic nitrogens is 7. The van der Waals surface area contributed by atoms with Crippen LogP contribution < -0.4 is 4.74 Å². The van der Waals surface area contributed by atoms with Crippen molar-refractivity contribution in [2.45, 2.75) is 18.6 Å². The number of aromatic amines is 1. The zero-order chi connectivity index (χ0) is 23.8. The number of pyridine rings is 1. The molecule has 3 aromatic heterocycles. The number of H-pyrrole nitrogens is 1. The highest BCUT2D eigenvalue weighted by molar-refractivity contribution is 6.33. The molecule has 11 heteroatoms. The minimum absolute atomic E-state index is 0.0225. The number of hydrogen-bond donors (Lipinski definition) is 2. The summed E-state index contributed by atoms with van der Waals surface area (Å²) in [5.74, 6) is 0. The van der Waals surface area contributed by atoms with Crippen molar-refractivity contribution in [3.63, 3.8) is 0 Å². The normalized spacial score (nSPS) is 17.8. The lowest BCUT2D eigenvalue weighted by Gasteiger charge is -2.07. The van der Waals surface area contributed by atoms with Gasteiger partial charge in [-0.2, -0.15) is 4.98 Å². The highest BCUT2D eigenvalue weighted by atomic mass is 35.5. The number of nitrogens with zero attached hydrogens (tertiary/aromatic N) is 6. The van der Waals surface area contributed by atoms with Crippen molar-refractivity contribution in [1.29, 1.82) is 0 Å². The number of rotatable bonds is 6. The Morgan fingerprint density at radius 3 is 2.49 bits per heavy atom. The van der Waals surface area contributed by atoms with Gasteiger partial charge >= 0.3 is 0 Å². The van der Waals surface area contributed by atoms with E-state index >= 15 is 0 Å². The predicted octanol–water partition coefficient (Wildman–Crippen LogP) is 3.45. The second-order valence-electron chi connectivity index (χ2n) is 8.22. The van der Waals surface area contributed by atoms with Gasteiger partial charge in [0.25, 0.3) is 6.01 Å². The van der Waals surface area contributed by atoms with Gasteiger partial charge in [-0.3, -0.25) is 0 Å². The first-order valence-corrected chi connectivity index (χ1v) is 11.4. The molecule has 0 bridgehead atoms. The van der Waals surface area contributed by atoms with E-state index in [-0.39, 0.29) is 18.8 Å². The second kappa shape index (κ2) is 9.06. The number of halogens is 1. The van der Waals surface area contributed by atoms with E-state index in [0.29, 0.717) is 40.9 Å². The maximum Gasteiger partial charge on any atom is 0.296 e. The summed E-state index contributed by atoms with van der Waals surface area (Å²) in [5.41, 5.74) is 5.73. The Hall–Kier alpha value is -3.86. The van der Waals surface area contributed by atoms with Crippen LogP contribution in [0.1, 0.15) is 6.42 Å². The monoisotopic (exact) mass is 489 g/mol. The summed E-state index contributed by atoms with van der Waals surface area (Å²) < 4.78 is 12.9. The van der Waals surface area contributed by atoms with Crippen molar-refractivity contribution >= 4 is 22.8 Å². The van der Waals surface area contributed by atoms with Crippen molar-refractivity contribution in [1.82, 2.24) is 35.2 Å². The number of ether oxygens (including phenoxy) is 2. The standard InChI is InChI=1S/C24H20ClN7O3/c25-20-10-21-23(29-24(27-21)35-19-9-18(11-33)34-12-19)28-22(20)16-3-1-14(2-4-16)15-5-7-17(8-6-15)32-13-26-30-31-32/h1-8,10,13,18-19,33H,9,11-12H2,(H,27,28,29). The summed E-state index contributed by atoms with van der Waals surface area (Å²) in [6, 6.07) is 18.1. The molecule has 0 amide bonds. The predicted molar refractivity (Wildman–Crippen MR) is 128 cm³/mol. The van der Waals surface area contributed by atoms with Crippen molar-refractivity contribution in [2.24, 2.45) is 0 Å². The van der Waals surface area contributed by atoms with Gasteiger partial charge in [-0.25, -0.2) is 9.67 Å². The zero-order valence-electron chi connectivity index (χ0n) is 18.4. The minimum atomic E-state index is -0.199. The molecule has 35 heavy (non-hydrogen) atoms. The number of aliphatic hydroxyl groups is 1. The zero-order valence-corrected chi connectivity index (χ0v) is 19.1. The summed E-state index contributed by atoms with van der Waals surface area (Å²) in [6.07, 6.45) is 1.80. The molecule has 1 fully saturated rings. The third kappa shape index (κ3) is 4.34. The topological polar surface area (TPSA) is 124 Å². The van der Waals surface area contributed by atoms with Crippen LogP contribution in [0.4, 0.5) is 0 Å². The van der Waals surface area contributed by atoms with Crippen LogP contribution in [-0.4, -0.2) is 65.7 Å². The van der Waals surface area contributed by atoms with Crippen LogP contribution in [0.2, 0.25) is 5.02 Å². The summed E-state index contributed by atoms with van der Waals surface area (Å²) in [7, 11) is 0. The summed E-state index contributed by atoms with van der Waals surface area (Å²) in [5, 5.41) is 21.0. The van der Waals surface area contributed by atoms with Crippen molar-refractivity contribution in [2.75, 3.05) is 13.2 Å². The molecule has 2 unspecified atom stereocenters. The van der Waals surface area contributed by atoms with Gasteiger partial charge in [0, 0.05) is 12.0 Å². The van der Waals surface area contributed by atoms with Gasteiger partial charge in [0.1, 0.15) is 12.4 Å². The van der Waals surface area contributed by atoms with Crippen LogP contribution in [0.25, 0.3) is 39.2 Å². The van der Waals surface area contributed by atoms with E-state index < -0.39 is 0 Å². The van der Waals surface area contributed by atoms with Gasteiger partial charge < -0.3 is 19.6 Å². The third-order valence-electron chi connectivity index (χ3n) is 5.90. The van der Waals surface area contributed by atoms with Crippen LogP contribution >= 0.6 is 11.6 Å². The number of fused-ring (bicyclic) bond motifs is 1. The van der Waals surface area contributed by atoms with Crippen LogP contribution in [0.5, 0.6) is 6.01 Å². The van der Waals surface area contributed by atoms with Gasteiger partial charge in [0.05, 0.1) is 41.2 Å². The Morgan fingerprint density at radius 1 is 1.06 bits per heavy atom. The van der Waals surface area contributed by atoms with E-state index in [9.17, 15) is 5.11 Å². The first-order chi connectivity index (χ1) is 17.2. The number of hydrogen-bond acceptors (Lipinski definition) is 8. The average molecular weight is 490 g/mol. The molecular formula is C24H20ClN7O3. The van der Waals surface area contributed by atoms with Gasteiger partial charge in [0.15, 0.2) is 5.65 Å². The first-order valence-electron chi connectivity index (χ1n) is 11.1. The van der Waals surface area contributed by atoms with Crippen LogP contribution in [-0.2, 0) is 4.74 Å². The Kier molecular flexibility index (Phi) is 5.61. The molecule has 4 heterocycles. The number of benzene rings is 2. The van der Waals surface area contributed by atoms with E-state index in [2.05, 4.69) is 30.5 Å². The van der Waals surface area contributed by atoms with Crippen LogP contribution in [0, 0.1) is 0 Å². The summed E-state index contributed by atoms with van der Waals surface area (Å²) in [6.45, 7) is 0.389. The average Bonchev–Trinajstić information content (AvgIpc) is 3.65. The van der Waals surface area contributed by atoms with E-state index in [0.717, 1.165) is 22.4 Å². The van der Waals surface area contributed by atoms with Crippen LogP contribution in [0.15, 0.2) is 60.9 Å². The lowest BCUT2D eigenvalue weighted by molar-refractivity contribution is 0.0528. The van der Waals surface area contributed by atoms with E-state index in [1.54, 1.807) is 17.1 Å². The SMILES string of the molecule is OCC1CC(Oc2nc3nc(-c4ccc(-c5ccc(-n6cnnn6)cc5)cc4)c(Cl)cc3[nH]2)CO1. The first kappa shape index (κ1) is 21.7. The Morgan fingerprint density at radius 2 is 1.80 bits per heavy atom. The molecule has 2 N–H and O–H groups in total. The van der Waals surface area contributed by atoms with Gasteiger partial charge in [-0.15, -0.1) is 5.10 Å². The molecular weight excluding hydrogens is 470 g/mol. The number of aliphatic hydroxyl groups excluding tert-OH is 1. The minimum Gasteiger partial charge on any atom is -0.459 e. The number of tetrazole rings is 1. The van der Waals surface area contributed by atoms with Crippen molar-refractivity contribution in [3.8, 4) is 34.1 Å². The summed E-state index contributed by atoms with van der Waals surface area (Å²) >= 11 is 6.56. The molecule has 0 spiro atoms. The molecule has 0 radical (unpaired) electrons. The van der Waals surface area contributed by atoms with Gasteiger partial charge in [0.2, 0.25) is 0 Å². The maximum atomic E-state index is 9.23. The fraction of sp³-hybridized carbons (Fsp3) is 0.208. The molecule has 176 valence electrons. The van der Waals surface area contributed by atoms with Gasteiger partial charge in [-0.05, 0) is 39.8 Å². The Labute approximate surface area is 204 Å². The summed E-state index contributed by atoms with van der Waals surface area (Å²) in [4.78, 5) is 12.2. The molecule has 2 atom stereocenters. The third-order valence-corrected chi connectivity index (χ3v) is 6.19. The molecule has 1 aliphatic heterocycles. The molecule has 6 rings (SSSR count). The number of nitrogens with one attached hydrogen (secondary N) is 1. The highest BCUT2D eigenvalue weighted by Crippen LogP contribution is 2.31. The molecule has 1 aliphatic rings. The smallest absolute Gasteiger partial charge is 0.296 e. The Balaban J connectivity index is 1.22. The fourth-order valence-corrected chi connectivity index (χ4v) is 4.36. The lowest BCUT2D eigenvalue weighted by Crippen LogP contribution is -2.17. The molecule has 2 aromatic carbocycles. The highest BCUT2D eigenvalue weighted by Gasteiger charge is 2.27. The largest absolute Gasteiger partial charge is 0.459 e. The second-order valence-corrected chi connectivity index (χ2v) is 8.63. The van der Waals surface area contributed by atoms with Gasteiger partial charge in [-0.1, -0.05) is 48.0 Å². The van der Waals surface area contributed by atoms with Crippen molar-refractivity contribution < 1.29 is 14.6 Å². The fourth-order valence-electron chi connectivity index (χ4n) is 4.10. The lowest BCUT2D eigenvalue weighted by atomic mass is 10.0. The van der Waals surface area contributed by atoms with E-state index in [4.69, 9.17) is 21.1 Å². The Bertz CT molecular complexity index is 1450. The quantitative estimate of drug-likeness (QED) is 0.371. The van der Waals surface area contributed by atoms with Crippen LogP contribution in [0.3, 0.4) is 0 Å². The molecule has 0 saturated carbocycles. The maximum absolute atomic E-state index is 9.23. The molecule has 10 nitrogen and oxygen atoms in total. The molecule has 1 saturated heterocycles. The van der Waals surface area contributed by atoms with E-state index in [1.165, 1.54) is 0 Å². The number of imidazole rings is 1. The molecule has 5 aromatic rings.